The van der Waals surface area contributed by atoms with E-state index in [1.54, 1.807) is 27.7 Å². The van der Waals surface area contributed by atoms with Gasteiger partial charge in [-0.2, -0.15) is 0 Å². The van der Waals surface area contributed by atoms with E-state index in [4.69, 9.17) is 22.9 Å². The number of benzene rings is 1. The molecule has 1 aromatic rings. The number of hydrogen-bond donors (Lipinski definition) is 18. The zero-order valence-corrected chi connectivity index (χ0v) is 45.5. The molecule has 2 rings (SSSR count). The number of phenolic OH excluding ortho intramolecular Hbond substituents is 1. The quantitative estimate of drug-likeness (QED) is 0.0177. The van der Waals surface area contributed by atoms with Crippen LogP contribution in [0.3, 0.4) is 0 Å². The Morgan fingerprint density at radius 2 is 1.15 bits per heavy atom. The van der Waals surface area contributed by atoms with Gasteiger partial charge >= 0.3 is 5.97 Å². The number of aliphatic hydroxyl groups is 4. The summed E-state index contributed by atoms with van der Waals surface area (Å²) in [5.74, 6) is -13.1. The van der Waals surface area contributed by atoms with Gasteiger partial charge in [0.1, 0.15) is 66.2 Å². The van der Waals surface area contributed by atoms with E-state index in [1.807, 2.05) is 0 Å². The summed E-state index contributed by atoms with van der Waals surface area (Å²) >= 11 is 0. The Kier molecular flexibility index (Phi) is 28.2. The molecule has 0 unspecified atom stereocenters. The second-order valence-corrected chi connectivity index (χ2v) is 20.1. The number of nitrogens with zero attached hydrogens (tertiary/aromatic N) is 2. The van der Waals surface area contributed by atoms with E-state index >= 15 is 0 Å². The number of primary amides is 1. The number of aliphatic hydroxyl groups excluding tert-OH is 4. The fourth-order valence-electron chi connectivity index (χ4n) is 8.10. The van der Waals surface area contributed by atoms with Gasteiger partial charge in [-0.3, -0.25) is 52.9 Å². The van der Waals surface area contributed by atoms with Gasteiger partial charge in [0.25, 0.3) is 0 Å². The zero-order chi connectivity index (χ0) is 60.7. The Morgan fingerprint density at radius 1 is 0.637 bits per heavy atom. The van der Waals surface area contributed by atoms with Crippen LogP contribution in [0.25, 0.3) is 0 Å². The molecule has 1 aliphatic rings. The SMILES string of the molecule is CC(C)C[C@H](NC(=O)[C@@H]1CCCN1C(=O)[C@H](CO)NC(=O)[C@@H](NC(=O)[C@@H](N)[C@@H](C)O)C(C)C)C(=O)N[C@@H](CC(N)=O)C(=O)N[C@H](C(=O)N[C@@H](CO)C(=O)N[C@@H](Cc1ccc(O)cc1)C(=O)N[C@@H](CCCN=C(N)N)C(=O)O)[C@@H](C)O. The van der Waals surface area contributed by atoms with Crippen molar-refractivity contribution in [2.24, 2.45) is 39.8 Å². The number of guanidine groups is 1. The minimum atomic E-state index is -1.98. The minimum Gasteiger partial charge on any atom is -0.508 e. The number of phenols is 1. The number of hydrogen-bond acceptors (Lipinski definition) is 18. The van der Waals surface area contributed by atoms with E-state index in [9.17, 15) is 83.4 Å². The Bertz CT molecular complexity index is 2350. The number of nitrogens with one attached hydrogen (secondary N) is 8. The molecule has 80 heavy (non-hydrogen) atoms. The molecule has 1 saturated heterocycles. The number of amides is 10. The van der Waals surface area contributed by atoms with Crippen LogP contribution in [-0.4, -0.2) is 205 Å². The number of aliphatic imine (C=N–C) groups is 1. The maximum atomic E-state index is 14.0. The third-order valence-electron chi connectivity index (χ3n) is 12.5. The second kappa shape index (κ2) is 33.0. The highest BCUT2D eigenvalue weighted by molar-refractivity contribution is 6.00. The van der Waals surface area contributed by atoms with Crippen LogP contribution >= 0.6 is 0 Å². The zero-order valence-electron chi connectivity index (χ0n) is 45.5. The summed E-state index contributed by atoms with van der Waals surface area (Å²) in [5.41, 5.74) is 22.2. The van der Waals surface area contributed by atoms with Gasteiger partial charge in [0.15, 0.2) is 5.96 Å². The molecule has 0 aliphatic carbocycles. The number of carboxylic acids is 1. The van der Waals surface area contributed by atoms with Crippen LogP contribution < -0.4 is 65.5 Å². The van der Waals surface area contributed by atoms with Gasteiger partial charge in [-0.05, 0) is 75.5 Å². The number of nitrogens with two attached hydrogens (primary N) is 4. The van der Waals surface area contributed by atoms with Gasteiger partial charge in [-0.1, -0.05) is 39.8 Å². The summed E-state index contributed by atoms with van der Waals surface area (Å²) in [6, 6.07) is -10.4. The van der Waals surface area contributed by atoms with E-state index in [1.165, 1.54) is 31.2 Å². The molecule has 12 atom stereocenters. The van der Waals surface area contributed by atoms with Gasteiger partial charge in [-0.25, -0.2) is 4.79 Å². The number of carboxylic acid groups (broad SMARTS) is 1. The first-order chi connectivity index (χ1) is 37.4. The molecule has 31 heteroatoms. The number of carbonyl (C=O) groups is 11. The molecule has 1 aromatic carbocycles. The van der Waals surface area contributed by atoms with Crippen molar-refractivity contribution >= 4 is 71.0 Å². The van der Waals surface area contributed by atoms with Crippen LogP contribution in [0.15, 0.2) is 29.3 Å². The molecular weight excluding hydrogens is 1060 g/mol. The monoisotopic (exact) mass is 1140 g/mol. The predicted octanol–water partition coefficient (Wildman–Crippen LogP) is -7.41. The van der Waals surface area contributed by atoms with Crippen LogP contribution in [0.4, 0.5) is 0 Å². The molecule has 0 spiro atoms. The van der Waals surface area contributed by atoms with Crippen molar-refractivity contribution in [3.63, 3.8) is 0 Å². The molecule has 0 radical (unpaired) electrons. The lowest BCUT2D eigenvalue weighted by Crippen LogP contribution is -2.63. The third kappa shape index (κ3) is 22.2. The smallest absolute Gasteiger partial charge is 0.326 e. The van der Waals surface area contributed by atoms with Crippen molar-refractivity contribution in [3.8, 4) is 5.75 Å². The molecule has 1 fully saturated rings. The topological polar surface area (TPSA) is 525 Å². The van der Waals surface area contributed by atoms with Gasteiger partial charge in [0, 0.05) is 19.5 Å². The predicted molar refractivity (Wildman–Crippen MR) is 283 cm³/mol. The fourth-order valence-corrected chi connectivity index (χ4v) is 8.10. The minimum absolute atomic E-state index is 0.0153. The normalized spacial score (nSPS) is 17.3. The van der Waals surface area contributed by atoms with Crippen molar-refractivity contribution in [2.75, 3.05) is 26.3 Å². The highest BCUT2D eigenvalue weighted by Crippen LogP contribution is 2.20. The highest BCUT2D eigenvalue weighted by Gasteiger charge is 2.41. The van der Waals surface area contributed by atoms with Gasteiger partial charge in [0.05, 0.1) is 31.8 Å². The Balaban J connectivity index is 2.30. The summed E-state index contributed by atoms with van der Waals surface area (Å²) in [5, 5.41) is 79.2. The Hall–Kier alpha value is -7.74. The van der Waals surface area contributed by atoms with Gasteiger partial charge < -0.3 is 101 Å². The molecule has 1 aliphatic heterocycles. The Labute approximate surface area is 461 Å². The van der Waals surface area contributed by atoms with Crippen LogP contribution in [0.1, 0.15) is 85.6 Å². The fraction of sp³-hybridized carbons (Fsp3) is 0.633. The number of carbonyl (C=O) groups excluding carboxylic acids is 10. The summed E-state index contributed by atoms with van der Waals surface area (Å²) in [4.78, 5) is 152. The van der Waals surface area contributed by atoms with Crippen LogP contribution in [0, 0.1) is 11.8 Å². The molecule has 22 N–H and O–H groups in total. The molecule has 448 valence electrons. The number of likely N-dealkylation sites (tertiary alicyclic amines) is 1. The molecule has 0 saturated carbocycles. The number of aromatic hydroxyl groups is 1. The lowest BCUT2D eigenvalue weighted by molar-refractivity contribution is -0.143. The molecule has 1 heterocycles. The molecule has 0 bridgehead atoms. The van der Waals surface area contributed by atoms with Crippen molar-refractivity contribution < 1.29 is 83.4 Å². The van der Waals surface area contributed by atoms with E-state index < -0.39 is 163 Å². The average molecular weight is 1140 g/mol. The molecule has 0 aromatic heterocycles. The van der Waals surface area contributed by atoms with Crippen molar-refractivity contribution in [3.05, 3.63) is 29.8 Å². The van der Waals surface area contributed by atoms with Crippen molar-refractivity contribution in [1.82, 2.24) is 47.4 Å². The lowest BCUT2D eigenvalue weighted by Gasteiger charge is -2.31. The summed E-state index contributed by atoms with van der Waals surface area (Å²) < 4.78 is 0. The summed E-state index contributed by atoms with van der Waals surface area (Å²) in [6.45, 7) is 6.84. The van der Waals surface area contributed by atoms with Gasteiger partial charge in [0.2, 0.25) is 59.1 Å². The average Bonchev–Trinajstić information content (AvgIpc) is 3.88. The summed E-state index contributed by atoms with van der Waals surface area (Å²) in [7, 11) is 0. The third-order valence-corrected chi connectivity index (χ3v) is 12.5. The van der Waals surface area contributed by atoms with E-state index in [0.29, 0.717) is 5.56 Å². The maximum absolute atomic E-state index is 14.0. The summed E-state index contributed by atoms with van der Waals surface area (Å²) in [6.07, 6.45) is -3.99. The first kappa shape index (κ1) is 68.4. The first-order valence-corrected chi connectivity index (χ1v) is 25.8. The van der Waals surface area contributed by atoms with E-state index in [-0.39, 0.29) is 69.2 Å². The van der Waals surface area contributed by atoms with Crippen molar-refractivity contribution in [2.45, 2.75) is 159 Å². The van der Waals surface area contributed by atoms with Crippen LogP contribution in [-0.2, 0) is 59.2 Å². The lowest BCUT2D eigenvalue weighted by atomic mass is 10.0. The standard InChI is InChI=1S/C49H80N14O17/c1-22(2)17-29(58-43(74)34-10-8-16-63(34)47(78)33(21-65)60-45(76)37(23(3)4)61-44(75)36(51)24(5)66)39(70)57-31(19-35(50)69)41(72)62-38(25(6)67)46(77)59-32(20-64)42(73)56-30(18-26-11-13-27(68)14-12-26)40(71)55-28(48(79)80)9-7-15-54-49(52)53/h11-14,22-25,28-34,36-38,64-68H,7-10,15-21,51H2,1-6H3,(H2,50,69)(H,55,71)(H,56,73)(H,57,70)(H,58,74)(H,59,77)(H,60,76)(H,61,75)(H,62,72)(H,79,80)(H4,52,53,54)/t24-,25-,28+,29+,30+,31+,32+,33+,34+,36+,37+,38+/m1/s1. The Morgan fingerprint density at radius 3 is 1.68 bits per heavy atom. The number of rotatable bonds is 33. The van der Waals surface area contributed by atoms with E-state index in [2.05, 4.69) is 47.5 Å². The second-order valence-electron chi connectivity index (χ2n) is 20.1. The maximum Gasteiger partial charge on any atom is 0.326 e. The molecular formula is C49H80N14O17. The molecule has 31 nitrogen and oxygen atoms in total. The highest BCUT2D eigenvalue weighted by atomic mass is 16.4. The first-order valence-electron chi connectivity index (χ1n) is 25.8. The number of aliphatic carboxylic acids is 1. The van der Waals surface area contributed by atoms with Gasteiger partial charge in [-0.15, -0.1) is 0 Å². The van der Waals surface area contributed by atoms with Crippen LogP contribution in [0.5, 0.6) is 5.75 Å². The van der Waals surface area contributed by atoms with Crippen molar-refractivity contribution in [1.29, 1.82) is 0 Å². The molecule has 10 amide bonds. The van der Waals surface area contributed by atoms with Crippen LogP contribution in [0.2, 0.25) is 0 Å². The largest absolute Gasteiger partial charge is 0.508 e. The van der Waals surface area contributed by atoms with E-state index in [0.717, 1.165) is 11.8 Å².